The fourth-order valence-corrected chi connectivity index (χ4v) is 11.1. The molecule has 2 N–H and O–H groups in total. The summed E-state index contributed by atoms with van der Waals surface area (Å²) >= 11 is 0. The number of carbonyl (C=O) groups is 2. The fraction of sp³-hybridized carbons (Fsp3) is 0.276. The van der Waals surface area contributed by atoms with Crippen molar-refractivity contribution < 1.29 is 35.9 Å². The topological polar surface area (TPSA) is 150 Å². The predicted molar refractivity (Wildman–Crippen MR) is 289 cm³/mol. The van der Waals surface area contributed by atoms with Crippen molar-refractivity contribution in [2.75, 3.05) is 23.7 Å². The zero-order valence-electron chi connectivity index (χ0n) is 40.9. The van der Waals surface area contributed by atoms with Crippen LogP contribution in [0.15, 0.2) is 143 Å². The van der Waals surface area contributed by atoms with Gasteiger partial charge in [-0.1, -0.05) is 131 Å². The van der Waals surface area contributed by atoms with Gasteiger partial charge in [0, 0.05) is 53.8 Å². The van der Waals surface area contributed by atoms with Crippen molar-refractivity contribution in [3.05, 3.63) is 167 Å². The number of sulfone groups is 2. The maximum Gasteiger partial charge on any atom is 0.412 e. The number of nitrogens with one attached hydrogen (secondary N) is 2. The van der Waals surface area contributed by atoms with Crippen LogP contribution in [-0.4, -0.2) is 51.9 Å². The zero-order valence-corrected chi connectivity index (χ0v) is 42.5. The Morgan fingerprint density at radius 1 is 0.577 bits per heavy atom. The highest BCUT2D eigenvalue weighted by molar-refractivity contribution is 7.92. The highest BCUT2D eigenvalue weighted by atomic mass is 32.2. The van der Waals surface area contributed by atoms with Crippen molar-refractivity contribution in [2.45, 2.75) is 100 Å². The Labute approximate surface area is 418 Å². The van der Waals surface area contributed by atoms with Crippen LogP contribution in [0.4, 0.5) is 16.2 Å². The number of aryl methyl sites for hydroxylation is 1. The summed E-state index contributed by atoms with van der Waals surface area (Å²) in [5, 5.41) is 7.72. The lowest BCUT2D eigenvalue weighted by atomic mass is 10.0. The summed E-state index contributed by atoms with van der Waals surface area (Å²) in [6.07, 6.45) is 14.8. The average molecular weight is 994 g/mol. The first-order valence-corrected chi connectivity index (χ1v) is 27.5. The summed E-state index contributed by atoms with van der Waals surface area (Å²) in [6, 6.07) is 41.2. The van der Waals surface area contributed by atoms with Crippen LogP contribution >= 0.6 is 0 Å². The van der Waals surface area contributed by atoms with E-state index in [-0.39, 0.29) is 28.1 Å². The van der Waals surface area contributed by atoms with Crippen LogP contribution in [0.2, 0.25) is 0 Å². The van der Waals surface area contributed by atoms with Crippen molar-refractivity contribution in [1.29, 1.82) is 0 Å². The number of fused-ring (bicyclic) bond motifs is 3. The molecule has 71 heavy (non-hydrogen) atoms. The lowest BCUT2D eigenvalue weighted by molar-refractivity contribution is -0.114. The third-order valence-electron chi connectivity index (χ3n) is 12.3. The van der Waals surface area contributed by atoms with Crippen LogP contribution in [0, 0.1) is 0 Å². The molecule has 1 heterocycles. The van der Waals surface area contributed by atoms with E-state index in [9.17, 15) is 26.4 Å². The number of unbranched alkanes of at least 4 members (excludes halogenated alkanes) is 5. The van der Waals surface area contributed by atoms with Gasteiger partial charge < -0.3 is 19.4 Å². The molecule has 0 aliphatic rings. The molecule has 370 valence electrons. The molecule has 0 bridgehead atoms. The number of amides is 2. The Bertz CT molecular complexity index is 3220. The van der Waals surface area contributed by atoms with E-state index >= 15 is 0 Å². The Hall–Kier alpha value is -6.80. The molecule has 13 heteroatoms. The first-order valence-electron chi connectivity index (χ1n) is 24.3. The normalized spacial score (nSPS) is 12.5. The molecule has 1 atom stereocenters. The van der Waals surface area contributed by atoms with Crippen molar-refractivity contribution in [2.24, 2.45) is 0 Å². The number of methoxy groups -OCH3 is 1. The van der Waals surface area contributed by atoms with E-state index in [1.807, 2.05) is 67.6 Å². The molecule has 0 aliphatic carbocycles. The quantitative estimate of drug-likeness (QED) is 0.0475. The number of carbonyl (C=O) groups excluding carboxylic acids is 2. The smallest absolute Gasteiger partial charge is 0.412 e. The molecule has 0 aliphatic heterocycles. The molecule has 0 fully saturated rings. The minimum absolute atomic E-state index is 0.0727. The van der Waals surface area contributed by atoms with Gasteiger partial charge in [0.05, 0.1) is 9.79 Å². The summed E-state index contributed by atoms with van der Waals surface area (Å²) in [5.74, 6) is -0.498. The number of benzene rings is 6. The lowest BCUT2D eigenvalue weighted by Gasteiger charge is -2.19. The summed E-state index contributed by atoms with van der Waals surface area (Å²) in [5.41, 5.74) is 7.89. The van der Waals surface area contributed by atoms with Gasteiger partial charge in [-0.15, -0.1) is 0 Å². The lowest BCUT2D eigenvalue weighted by Crippen LogP contribution is -2.30. The van der Waals surface area contributed by atoms with Gasteiger partial charge in [0.2, 0.25) is 31.0 Å². The first-order chi connectivity index (χ1) is 34.3. The van der Waals surface area contributed by atoms with E-state index in [1.54, 1.807) is 60.7 Å². The number of hydrogen-bond donors (Lipinski definition) is 2. The minimum atomic E-state index is -4.05. The highest BCUT2D eigenvalue weighted by Crippen LogP contribution is 2.33. The van der Waals surface area contributed by atoms with E-state index in [2.05, 4.69) is 58.5 Å². The van der Waals surface area contributed by atoms with E-state index in [0.717, 1.165) is 99.5 Å². The Morgan fingerprint density at radius 3 is 1.56 bits per heavy atom. The second-order valence-corrected chi connectivity index (χ2v) is 21.9. The van der Waals surface area contributed by atoms with Gasteiger partial charge in [-0.05, 0) is 132 Å². The van der Waals surface area contributed by atoms with Crippen LogP contribution in [0.25, 0.3) is 46.1 Å². The van der Waals surface area contributed by atoms with E-state index in [4.69, 9.17) is 9.47 Å². The van der Waals surface area contributed by atoms with Gasteiger partial charge in [-0.25, -0.2) is 21.6 Å². The number of rotatable bonds is 23. The van der Waals surface area contributed by atoms with Gasteiger partial charge in [0.25, 0.3) is 0 Å². The molecule has 7 aromatic rings. The summed E-state index contributed by atoms with van der Waals surface area (Å²) in [7, 11) is -6.19. The predicted octanol–water partition coefficient (Wildman–Crippen LogP) is 13.6. The maximum absolute atomic E-state index is 14.1. The minimum Gasteiger partial charge on any atom is -0.429 e. The highest BCUT2D eigenvalue weighted by Gasteiger charge is 2.31. The van der Waals surface area contributed by atoms with Gasteiger partial charge in [0.15, 0.2) is 5.94 Å². The zero-order chi connectivity index (χ0) is 50.4. The summed E-state index contributed by atoms with van der Waals surface area (Å²) in [6.45, 7) is 6.62. The number of aromatic nitrogens is 1. The van der Waals surface area contributed by atoms with Gasteiger partial charge in [-0.2, -0.15) is 0 Å². The number of nitrogens with zero attached hydrogens (tertiary/aromatic N) is 1. The fourth-order valence-electron chi connectivity index (χ4n) is 8.55. The molecule has 6 aromatic carbocycles. The molecule has 2 amide bonds. The van der Waals surface area contributed by atoms with Crippen molar-refractivity contribution in [3.63, 3.8) is 0 Å². The van der Waals surface area contributed by atoms with Crippen LogP contribution < -0.4 is 10.6 Å². The molecule has 0 saturated carbocycles. The van der Waals surface area contributed by atoms with Crippen LogP contribution in [-0.2, 0) is 46.9 Å². The standard InChI is InChI=1S/C58H63N3O8S2/c1-5-7-9-11-37-61-55-35-25-47(15-13-43-21-31-51(32-22-43)70(64,65)41-68-4)39-53(55)54-40-48(26-36-56(54)61)16-14-44-23-33-52(34-24-44)71(66,67)57(12-10-8-6-2)69-58(63)60-50-29-19-46(20-30-50)38-45-17-27-49(28-18-45)59-42(3)62/h13-36,39-40,57H,5-12,37-38,41H2,1-4H3,(H,59,62)(H,60,63)/b15-13+,16-14+. The third-order valence-corrected chi connectivity index (χ3v) is 15.8. The van der Waals surface area contributed by atoms with E-state index < -0.39 is 31.2 Å². The molecular formula is C58H63N3O8S2. The monoisotopic (exact) mass is 993 g/mol. The second-order valence-electron chi connectivity index (χ2n) is 17.8. The largest absolute Gasteiger partial charge is 0.429 e. The molecule has 0 radical (unpaired) electrons. The molecule has 1 unspecified atom stereocenters. The molecule has 7 rings (SSSR count). The van der Waals surface area contributed by atoms with Crippen LogP contribution in [0.3, 0.4) is 0 Å². The second kappa shape index (κ2) is 24.4. The molecule has 0 saturated heterocycles. The van der Waals surface area contributed by atoms with Gasteiger partial charge >= 0.3 is 6.09 Å². The van der Waals surface area contributed by atoms with Crippen LogP contribution in [0.5, 0.6) is 0 Å². The Balaban J connectivity index is 1.05. The van der Waals surface area contributed by atoms with Gasteiger partial charge in [0.1, 0.15) is 0 Å². The number of ether oxygens (including phenoxy) is 2. The molecular weight excluding hydrogens is 931 g/mol. The molecule has 11 nitrogen and oxygen atoms in total. The summed E-state index contributed by atoms with van der Waals surface area (Å²) < 4.78 is 65.9. The maximum atomic E-state index is 14.1. The first kappa shape index (κ1) is 52.0. The number of anilines is 2. The van der Waals surface area contributed by atoms with E-state index in [1.165, 1.54) is 20.5 Å². The Kier molecular flexibility index (Phi) is 17.8. The van der Waals surface area contributed by atoms with Crippen molar-refractivity contribution >= 4 is 89.2 Å². The molecule has 0 spiro atoms. The number of hydrogen-bond acceptors (Lipinski definition) is 8. The Morgan fingerprint density at radius 2 is 1.06 bits per heavy atom. The van der Waals surface area contributed by atoms with Gasteiger partial charge in [-0.3, -0.25) is 10.1 Å². The van der Waals surface area contributed by atoms with Crippen molar-refractivity contribution in [1.82, 2.24) is 4.57 Å². The average Bonchev–Trinajstić information content (AvgIpc) is 3.66. The SMILES string of the molecule is CCCCCCn1c2ccc(/C=C/c3ccc(S(=O)(=O)COC)cc3)cc2c2cc(/C=C/c3ccc(S(=O)(=O)C(CCCCC)OC(=O)Nc4ccc(Cc5ccc(NC(C)=O)cc5)cc4)cc3)ccc21. The summed E-state index contributed by atoms with van der Waals surface area (Å²) in [4.78, 5) is 24.8. The van der Waals surface area contributed by atoms with Crippen molar-refractivity contribution in [3.8, 4) is 0 Å². The molecule has 1 aromatic heterocycles. The third kappa shape index (κ3) is 14.0. The van der Waals surface area contributed by atoms with E-state index in [0.29, 0.717) is 18.5 Å². The van der Waals surface area contributed by atoms with Crippen LogP contribution in [0.1, 0.15) is 106 Å².